The summed E-state index contributed by atoms with van der Waals surface area (Å²) < 4.78 is 26.4. The van der Waals surface area contributed by atoms with Gasteiger partial charge < -0.3 is 20.1 Å². The summed E-state index contributed by atoms with van der Waals surface area (Å²) in [5.41, 5.74) is 1.04. The zero-order chi connectivity index (χ0) is 26.8. The lowest BCUT2D eigenvalue weighted by Gasteiger charge is -2.29. The molecule has 0 aliphatic carbocycles. The number of carbonyl (C=O) groups excluding carboxylic acids is 2. The highest BCUT2D eigenvalue weighted by molar-refractivity contribution is 5.88. The van der Waals surface area contributed by atoms with Gasteiger partial charge in [0.25, 0.3) is 0 Å². The molecule has 0 saturated carbocycles. The van der Waals surface area contributed by atoms with Crippen LogP contribution in [-0.2, 0) is 10.3 Å². The Labute approximate surface area is 215 Å². The molecule has 3 amide bonds. The van der Waals surface area contributed by atoms with Crippen molar-refractivity contribution in [2.45, 2.75) is 58.2 Å². The van der Waals surface area contributed by atoms with E-state index >= 15 is 0 Å². The Morgan fingerprint density at radius 1 is 1.08 bits per heavy atom. The first-order valence-corrected chi connectivity index (χ1v) is 12.1. The highest BCUT2D eigenvalue weighted by atomic mass is 19.1. The molecule has 9 nitrogen and oxygen atoms in total. The van der Waals surface area contributed by atoms with Crippen LogP contribution in [-0.4, -0.2) is 34.1 Å². The molecule has 4 rings (SSSR count). The molecule has 0 unspecified atom stereocenters. The minimum Gasteiger partial charge on any atom is -0.490 e. The number of aromatic nitrogens is 2. The van der Waals surface area contributed by atoms with Gasteiger partial charge >= 0.3 is 12.1 Å². The fourth-order valence-corrected chi connectivity index (χ4v) is 4.04. The number of amides is 3. The standard InChI is InChI=1S/C27H32FN5O4/c1-26(2,3)37-25(35)31-27(4,5)17-9-11-18(12-10-17)33-15-13-22(32-33)30-24(34)29-21-14-16-36-23-19(21)7-6-8-20(23)28/h6-13,15,21H,14,16H2,1-5H3,(H,31,35)(H2,29,30,32,34)/t21-/m0/s1. The van der Waals surface area contributed by atoms with Crippen molar-refractivity contribution in [3.05, 3.63) is 71.7 Å². The van der Waals surface area contributed by atoms with Gasteiger partial charge in [-0.1, -0.05) is 24.3 Å². The molecule has 1 aromatic heterocycles. The number of ether oxygens (including phenoxy) is 2. The number of nitrogens with one attached hydrogen (secondary N) is 3. The fourth-order valence-electron chi connectivity index (χ4n) is 4.04. The molecule has 0 bridgehead atoms. The van der Waals surface area contributed by atoms with Crippen molar-refractivity contribution in [3.63, 3.8) is 0 Å². The molecule has 1 atom stereocenters. The van der Waals surface area contributed by atoms with Crippen LogP contribution in [0.25, 0.3) is 5.69 Å². The summed E-state index contributed by atoms with van der Waals surface area (Å²) in [7, 11) is 0. The van der Waals surface area contributed by atoms with Crippen LogP contribution in [0.3, 0.4) is 0 Å². The molecule has 196 valence electrons. The Morgan fingerprint density at radius 3 is 2.51 bits per heavy atom. The van der Waals surface area contributed by atoms with Gasteiger partial charge in [-0.05, 0) is 58.4 Å². The highest BCUT2D eigenvalue weighted by Gasteiger charge is 2.27. The molecule has 1 aliphatic heterocycles. The maximum atomic E-state index is 14.0. The molecule has 0 fully saturated rings. The lowest BCUT2D eigenvalue weighted by atomic mass is 9.94. The molecule has 37 heavy (non-hydrogen) atoms. The number of halogens is 1. The van der Waals surface area contributed by atoms with Crippen LogP contribution in [0.2, 0.25) is 0 Å². The average Bonchev–Trinajstić information content (AvgIpc) is 3.26. The number of fused-ring (bicyclic) bond motifs is 1. The molecular formula is C27H32FN5O4. The van der Waals surface area contributed by atoms with Crippen molar-refractivity contribution >= 4 is 17.9 Å². The fraction of sp³-hybridized carbons (Fsp3) is 0.370. The van der Waals surface area contributed by atoms with Crippen molar-refractivity contribution < 1.29 is 23.5 Å². The second kappa shape index (κ2) is 10.1. The van der Waals surface area contributed by atoms with Crippen molar-refractivity contribution in [1.82, 2.24) is 20.4 Å². The predicted octanol–water partition coefficient (Wildman–Crippen LogP) is 5.42. The van der Waals surface area contributed by atoms with Crippen molar-refractivity contribution in [2.24, 2.45) is 0 Å². The number of rotatable bonds is 5. The van der Waals surface area contributed by atoms with Gasteiger partial charge in [0.1, 0.15) is 5.60 Å². The van der Waals surface area contributed by atoms with Gasteiger partial charge in [-0.3, -0.25) is 5.32 Å². The second-order valence-electron chi connectivity index (χ2n) is 10.4. The van der Waals surface area contributed by atoms with E-state index in [2.05, 4.69) is 21.0 Å². The minimum absolute atomic E-state index is 0.177. The van der Waals surface area contributed by atoms with Gasteiger partial charge in [0.15, 0.2) is 17.4 Å². The number of urea groups is 1. The Hall–Kier alpha value is -4.08. The van der Waals surface area contributed by atoms with Gasteiger partial charge in [0.2, 0.25) is 0 Å². The third-order valence-electron chi connectivity index (χ3n) is 5.83. The monoisotopic (exact) mass is 509 g/mol. The molecular weight excluding hydrogens is 477 g/mol. The molecule has 2 aromatic carbocycles. The van der Waals surface area contributed by atoms with E-state index in [0.717, 1.165) is 11.3 Å². The van der Waals surface area contributed by atoms with Crippen LogP contribution in [0.15, 0.2) is 54.7 Å². The third-order valence-corrected chi connectivity index (χ3v) is 5.83. The summed E-state index contributed by atoms with van der Waals surface area (Å²) in [4.78, 5) is 24.8. The number of hydrogen-bond donors (Lipinski definition) is 3. The molecule has 1 aliphatic rings. The molecule has 0 spiro atoms. The number of hydrogen-bond acceptors (Lipinski definition) is 5. The number of anilines is 1. The number of nitrogens with zero attached hydrogens (tertiary/aromatic N) is 2. The van der Waals surface area contributed by atoms with Crippen LogP contribution in [0.1, 0.15) is 58.2 Å². The molecule has 3 N–H and O–H groups in total. The first-order valence-electron chi connectivity index (χ1n) is 12.1. The lowest BCUT2D eigenvalue weighted by Crippen LogP contribution is -2.43. The largest absolute Gasteiger partial charge is 0.490 e. The van der Waals surface area contributed by atoms with Gasteiger partial charge in [0.05, 0.1) is 23.9 Å². The summed E-state index contributed by atoms with van der Waals surface area (Å²) in [6.45, 7) is 9.55. The van der Waals surface area contributed by atoms with E-state index in [1.807, 2.05) is 58.9 Å². The number of carbonyl (C=O) groups is 2. The number of para-hydroxylation sites is 1. The van der Waals surface area contributed by atoms with Crippen LogP contribution < -0.4 is 20.7 Å². The molecule has 3 aromatic rings. The van der Waals surface area contributed by atoms with Crippen LogP contribution in [0, 0.1) is 5.82 Å². The van der Waals surface area contributed by atoms with E-state index in [1.54, 1.807) is 29.1 Å². The van der Waals surface area contributed by atoms with Crippen molar-refractivity contribution in [2.75, 3.05) is 11.9 Å². The third kappa shape index (κ3) is 6.38. The first-order chi connectivity index (χ1) is 17.4. The average molecular weight is 510 g/mol. The topological polar surface area (TPSA) is 107 Å². The summed E-state index contributed by atoms with van der Waals surface area (Å²) in [5.74, 6) is 0.0921. The molecule has 10 heteroatoms. The maximum Gasteiger partial charge on any atom is 0.408 e. The van der Waals surface area contributed by atoms with Crippen molar-refractivity contribution in [1.29, 1.82) is 0 Å². The smallest absolute Gasteiger partial charge is 0.408 e. The van der Waals surface area contributed by atoms with Crippen molar-refractivity contribution in [3.8, 4) is 11.4 Å². The SMILES string of the molecule is CC(C)(C)OC(=O)NC(C)(C)c1ccc(-n2ccc(NC(=O)N[C@H]3CCOc4c(F)cccc43)n2)cc1. The number of alkyl carbamates (subject to hydrolysis) is 1. The maximum absolute atomic E-state index is 14.0. The second-order valence-corrected chi connectivity index (χ2v) is 10.4. The predicted molar refractivity (Wildman–Crippen MR) is 137 cm³/mol. The molecule has 2 heterocycles. The van der Waals surface area contributed by atoms with Gasteiger partial charge in [0, 0.05) is 24.2 Å². The van der Waals surface area contributed by atoms with Gasteiger partial charge in [-0.25, -0.2) is 18.7 Å². The zero-order valence-electron chi connectivity index (χ0n) is 21.6. The Morgan fingerprint density at radius 2 is 1.81 bits per heavy atom. The van der Waals surface area contributed by atoms with Gasteiger partial charge in [-0.2, -0.15) is 0 Å². The Kier molecular flexibility index (Phi) is 7.11. The lowest BCUT2D eigenvalue weighted by molar-refractivity contribution is 0.0470. The summed E-state index contributed by atoms with van der Waals surface area (Å²) in [6.07, 6.45) is 1.77. The highest BCUT2D eigenvalue weighted by Crippen LogP contribution is 2.34. The van der Waals surface area contributed by atoms with Crippen LogP contribution in [0.5, 0.6) is 5.75 Å². The van der Waals surface area contributed by atoms with E-state index in [9.17, 15) is 14.0 Å². The van der Waals surface area contributed by atoms with Crippen LogP contribution in [0.4, 0.5) is 19.8 Å². The van der Waals surface area contributed by atoms with E-state index in [4.69, 9.17) is 9.47 Å². The Balaban J connectivity index is 1.38. The first kappa shape index (κ1) is 26.0. The molecule has 0 saturated heterocycles. The molecule has 0 radical (unpaired) electrons. The number of benzene rings is 2. The van der Waals surface area contributed by atoms with Crippen LogP contribution >= 0.6 is 0 Å². The minimum atomic E-state index is -0.651. The van der Waals surface area contributed by atoms with E-state index in [0.29, 0.717) is 24.4 Å². The Bertz CT molecular complexity index is 1280. The zero-order valence-corrected chi connectivity index (χ0v) is 21.6. The van der Waals surface area contributed by atoms with E-state index < -0.39 is 29.1 Å². The van der Waals surface area contributed by atoms with E-state index in [-0.39, 0.29) is 11.8 Å². The summed E-state index contributed by atoms with van der Waals surface area (Å²) in [6, 6.07) is 13.1. The summed E-state index contributed by atoms with van der Waals surface area (Å²) in [5, 5.41) is 12.9. The normalized spacial score (nSPS) is 15.2. The quantitative estimate of drug-likeness (QED) is 0.426. The summed E-state index contributed by atoms with van der Waals surface area (Å²) >= 11 is 0. The van der Waals surface area contributed by atoms with E-state index in [1.165, 1.54) is 6.07 Å². The van der Waals surface area contributed by atoms with Gasteiger partial charge in [-0.15, -0.1) is 5.10 Å².